The summed E-state index contributed by atoms with van der Waals surface area (Å²) >= 11 is 0. The summed E-state index contributed by atoms with van der Waals surface area (Å²) < 4.78 is 12.1. The Morgan fingerprint density at radius 3 is 2.44 bits per heavy atom. The number of fused-ring (bicyclic) bond motifs is 1. The van der Waals surface area contributed by atoms with Crippen LogP contribution in [0.1, 0.15) is 0 Å². The molecule has 5 nitrogen and oxygen atoms in total. The van der Waals surface area contributed by atoms with E-state index in [1.54, 1.807) is 7.11 Å². The van der Waals surface area contributed by atoms with Crippen LogP contribution >= 0.6 is 0 Å². The number of anilines is 1. The van der Waals surface area contributed by atoms with Crippen molar-refractivity contribution in [2.24, 2.45) is 0 Å². The number of rotatable bonds is 3. The van der Waals surface area contributed by atoms with Crippen LogP contribution in [0, 0.1) is 0 Å². The number of aromatic amines is 1. The van der Waals surface area contributed by atoms with Crippen molar-refractivity contribution in [1.82, 2.24) is 9.95 Å². The predicted molar refractivity (Wildman–Crippen MR) is 100 cm³/mol. The van der Waals surface area contributed by atoms with E-state index in [9.17, 15) is 0 Å². The molecule has 0 aliphatic carbocycles. The van der Waals surface area contributed by atoms with Gasteiger partial charge in [0, 0.05) is 18.3 Å². The highest BCUT2D eigenvalue weighted by Crippen LogP contribution is 2.29. The van der Waals surface area contributed by atoms with Crippen molar-refractivity contribution in [3.05, 3.63) is 66.7 Å². The number of hydrogen-bond acceptors (Lipinski definition) is 3. The minimum absolute atomic E-state index is 0.880. The Labute approximate surface area is 145 Å². The molecule has 5 heteroatoms. The normalized spacial score (nSPS) is 10.8. The number of hydrogen-bond donors (Lipinski definition) is 2. The number of H-pyrrole nitrogens is 1. The quantitative estimate of drug-likeness (QED) is 0.497. The van der Waals surface area contributed by atoms with Crippen LogP contribution in [-0.2, 0) is 0 Å². The van der Waals surface area contributed by atoms with E-state index < -0.39 is 0 Å². The molecule has 0 radical (unpaired) electrons. The van der Waals surface area contributed by atoms with Gasteiger partial charge in [-0.2, -0.15) is 5.27 Å². The molecule has 0 fully saturated rings. The first kappa shape index (κ1) is 15.2. The summed E-state index contributed by atoms with van der Waals surface area (Å²) in [6.07, 6.45) is 0. The molecule has 4 bridgehead atoms. The lowest BCUT2D eigenvalue weighted by molar-refractivity contribution is 0.409. The lowest BCUT2D eigenvalue weighted by Gasteiger charge is -2.09. The van der Waals surface area contributed by atoms with Crippen LogP contribution < -0.4 is 10.1 Å². The molecular weight excluding hydrogens is 314 g/mol. The first-order valence-electron chi connectivity index (χ1n) is 8.08. The average Bonchev–Trinajstić information content (AvgIpc) is 2.90. The fraction of sp³-hybridized carbons (Fsp3) is 0.100. The van der Waals surface area contributed by atoms with Gasteiger partial charge in [0.2, 0.25) is 0 Å². The fourth-order valence-electron chi connectivity index (χ4n) is 2.90. The third-order valence-corrected chi connectivity index (χ3v) is 4.29. The zero-order valence-electron chi connectivity index (χ0n) is 14.1. The maximum atomic E-state index is 5.15. The summed E-state index contributed by atoms with van der Waals surface area (Å²) in [6.45, 7) is 0. The van der Waals surface area contributed by atoms with Crippen molar-refractivity contribution in [2.45, 2.75) is 0 Å². The lowest BCUT2D eigenvalue weighted by Crippen LogP contribution is -2.02. The molecule has 25 heavy (non-hydrogen) atoms. The minimum Gasteiger partial charge on any atom is -0.497 e. The van der Waals surface area contributed by atoms with Gasteiger partial charge in [-0.15, -0.1) is 0 Å². The molecule has 0 spiro atoms. The number of pyridine rings is 1. The van der Waals surface area contributed by atoms with E-state index in [0.29, 0.717) is 0 Å². The highest BCUT2D eigenvalue weighted by molar-refractivity contribution is 5.78. The van der Waals surface area contributed by atoms with Crippen LogP contribution in [0.15, 0.2) is 71.3 Å². The number of nitrogens with zero attached hydrogens (tertiary/aromatic N) is 1. The highest BCUT2D eigenvalue weighted by Gasteiger charge is 2.15. The number of methoxy groups -OCH3 is 1. The molecule has 3 aromatic carbocycles. The lowest BCUT2D eigenvalue weighted by atomic mass is 10.0. The van der Waals surface area contributed by atoms with Crippen molar-refractivity contribution in [3.63, 3.8) is 0 Å². The van der Waals surface area contributed by atoms with E-state index in [0.717, 1.165) is 22.7 Å². The SMILES string of the molecule is CNc1ccccc1-c1ccc(OC)cc1.c1cc2cc3c1o[nH]n2-3. The first-order valence-corrected chi connectivity index (χ1v) is 8.08. The first-order chi connectivity index (χ1) is 12.3. The van der Waals surface area contributed by atoms with Crippen LogP contribution in [0.25, 0.3) is 27.9 Å². The van der Waals surface area contributed by atoms with Crippen LogP contribution in [0.3, 0.4) is 0 Å². The monoisotopic (exact) mass is 333 g/mol. The Hall–Kier alpha value is -3.34. The maximum absolute atomic E-state index is 5.15. The third-order valence-electron chi connectivity index (χ3n) is 4.29. The molecule has 126 valence electrons. The average molecular weight is 333 g/mol. The summed E-state index contributed by atoms with van der Waals surface area (Å²) in [5, 5.41) is 5.94. The van der Waals surface area contributed by atoms with Crippen molar-refractivity contribution in [2.75, 3.05) is 19.5 Å². The summed E-state index contributed by atoms with van der Waals surface area (Å²) in [7, 11) is 3.61. The predicted octanol–water partition coefficient (Wildman–Crippen LogP) is 4.83. The van der Waals surface area contributed by atoms with Crippen LogP contribution in [0.4, 0.5) is 5.69 Å². The molecule has 0 saturated heterocycles. The van der Waals surface area contributed by atoms with E-state index in [-0.39, 0.29) is 0 Å². The smallest absolute Gasteiger partial charge is 0.182 e. The van der Waals surface area contributed by atoms with Crippen LogP contribution in [-0.4, -0.2) is 24.1 Å². The Balaban J connectivity index is 0.000000144. The van der Waals surface area contributed by atoms with Gasteiger partial charge in [0.1, 0.15) is 11.4 Å². The standard InChI is InChI=1S/C14H15NO.C6H4N2O/c1-15-14-6-4-3-5-13(14)11-7-9-12(16-2)10-8-11;1-2-6-5-3-4(1)8(5)7-9-6/h3-10,15H,1-2H3;1-3,7H. The van der Waals surface area contributed by atoms with Gasteiger partial charge in [-0.25, -0.2) is 4.68 Å². The third kappa shape index (κ3) is 2.70. The van der Waals surface area contributed by atoms with E-state index in [1.807, 2.05) is 48.1 Å². The highest BCUT2D eigenvalue weighted by atomic mass is 16.5. The van der Waals surface area contributed by atoms with Gasteiger partial charge in [-0.1, -0.05) is 30.3 Å². The fourth-order valence-corrected chi connectivity index (χ4v) is 2.90. The minimum atomic E-state index is 0.880. The molecule has 6 rings (SSSR count). The molecule has 3 aromatic rings. The molecule has 3 aliphatic rings. The summed E-state index contributed by atoms with van der Waals surface area (Å²) in [6, 6.07) is 22.4. The molecule has 0 aromatic heterocycles. The van der Waals surface area contributed by atoms with Gasteiger partial charge < -0.3 is 14.6 Å². The molecule has 0 unspecified atom stereocenters. The Morgan fingerprint density at radius 1 is 1.00 bits per heavy atom. The van der Waals surface area contributed by atoms with Crippen molar-refractivity contribution in [3.8, 4) is 22.6 Å². The second kappa shape index (κ2) is 6.28. The molecule has 3 aliphatic heterocycles. The van der Waals surface area contributed by atoms with E-state index >= 15 is 0 Å². The van der Waals surface area contributed by atoms with Crippen molar-refractivity contribution in [1.29, 1.82) is 0 Å². The summed E-state index contributed by atoms with van der Waals surface area (Å²) in [5.74, 6) is 0.880. The van der Waals surface area contributed by atoms with Gasteiger partial charge >= 0.3 is 0 Å². The van der Waals surface area contributed by atoms with Gasteiger partial charge in [-0.3, -0.25) is 0 Å². The Kier molecular flexibility index (Phi) is 3.82. The largest absolute Gasteiger partial charge is 0.497 e. The topological polar surface area (TPSA) is 55.1 Å². The maximum Gasteiger partial charge on any atom is 0.182 e. The molecule has 0 saturated carbocycles. The molecular formula is C20H19N3O2. The Bertz CT molecular complexity index is 1010. The van der Waals surface area contributed by atoms with E-state index in [1.165, 1.54) is 16.6 Å². The van der Waals surface area contributed by atoms with E-state index in [2.05, 4.69) is 40.9 Å². The second-order valence-electron chi connectivity index (χ2n) is 5.70. The second-order valence-corrected chi connectivity index (χ2v) is 5.70. The zero-order valence-corrected chi connectivity index (χ0v) is 14.1. The van der Waals surface area contributed by atoms with Crippen molar-refractivity contribution < 1.29 is 9.26 Å². The summed E-state index contributed by atoms with van der Waals surface area (Å²) in [4.78, 5) is 0. The van der Waals surface area contributed by atoms with Crippen molar-refractivity contribution >= 4 is 16.8 Å². The zero-order chi connectivity index (χ0) is 17.2. The number of ether oxygens (including phenoxy) is 1. The molecule has 2 N–H and O–H groups in total. The van der Waals surface area contributed by atoms with Gasteiger partial charge in [-0.05, 0) is 42.0 Å². The van der Waals surface area contributed by atoms with E-state index in [4.69, 9.17) is 9.26 Å². The van der Waals surface area contributed by atoms with Crippen LogP contribution in [0.2, 0.25) is 0 Å². The number of benzene rings is 3. The number of aromatic nitrogens is 2. The Morgan fingerprint density at radius 2 is 1.80 bits per heavy atom. The number of nitrogens with one attached hydrogen (secondary N) is 2. The number of para-hydroxylation sites is 1. The molecule has 0 amide bonds. The molecule has 0 atom stereocenters. The van der Waals surface area contributed by atoms with Gasteiger partial charge in [0.05, 0.1) is 12.6 Å². The summed E-state index contributed by atoms with van der Waals surface area (Å²) in [5.41, 5.74) is 6.76. The molecule has 3 heterocycles. The van der Waals surface area contributed by atoms with Crippen LogP contribution in [0.5, 0.6) is 5.75 Å². The van der Waals surface area contributed by atoms with Gasteiger partial charge in [0.25, 0.3) is 0 Å². The van der Waals surface area contributed by atoms with Gasteiger partial charge in [0.15, 0.2) is 5.58 Å².